The normalized spacial score (nSPS) is 14.2. The van der Waals surface area contributed by atoms with Crippen LogP contribution < -0.4 is 9.47 Å². The van der Waals surface area contributed by atoms with Gasteiger partial charge in [-0.3, -0.25) is 4.90 Å². The number of nitrogens with zero attached hydrogens (tertiary/aromatic N) is 3. The van der Waals surface area contributed by atoms with E-state index >= 15 is 0 Å². The van der Waals surface area contributed by atoms with Crippen LogP contribution in [-0.4, -0.2) is 35.6 Å². The molecule has 4 rings (SSSR count). The van der Waals surface area contributed by atoms with Crippen LogP contribution >= 0.6 is 0 Å². The van der Waals surface area contributed by atoms with Crippen LogP contribution in [0.5, 0.6) is 11.5 Å². The highest BCUT2D eigenvalue weighted by molar-refractivity contribution is 5.56. The van der Waals surface area contributed by atoms with Crippen LogP contribution in [0.3, 0.4) is 0 Å². The number of ether oxygens (including phenoxy) is 2. The number of rotatable bonds is 5. The molecule has 0 atom stereocenters. The lowest BCUT2D eigenvalue weighted by molar-refractivity contribution is -0.137. The summed E-state index contributed by atoms with van der Waals surface area (Å²) in [5.74, 6) is 2.06. The van der Waals surface area contributed by atoms with E-state index in [1.54, 1.807) is 20.4 Å². The van der Waals surface area contributed by atoms with E-state index in [4.69, 9.17) is 9.47 Å². The number of hydrogen-bond acceptors (Lipinski definition) is 5. The summed E-state index contributed by atoms with van der Waals surface area (Å²) in [6, 6.07) is 8.92. The molecule has 0 fully saturated rings. The third kappa shape index (κ3) is 4.41. The highest BCUT2D eigenvalue weighted by Crippen LogP contribution is 2.33. The minimum Gasteiger partial charge on any atom is -0.496 e. The molecule has 1 aliphatic heterocycles. The molecule has 1 aliphatic rings. The van der Waals surface area contributed by atoms with Crippen molar-refractivity contribution in [3.05, 3.63) is 70.5 Å². The van der Waals surface area contributed by atoms with Crippen LogP contribution in [0.2, 0.25) is 0 Å². The summed E-state index contributed by atoms with van der Waals surface area (Å²) in [6.45, 7) is 4.19. The second-order valence-electron chi connectivity index (χ2n) is 7.79. The first-order valence-corrected chi connectivity index (χ1v) is 10.3. The van der Waals surface area contributed by atoms with Crippen molar-refractivity contribution in [1.29, 1.82) is 0 Å². The van der Waals surface area contributed by atoms with Gasteiger partial charge in [0.2, 0.25) is 0 Å². The molecule has 8 heteroatoms. The Hall–Kier alpha value is -3.13. The maximum Gasteiger partial charge on any atom is 0.416 e. The second-order valence-corrected chi connectivity index (χ2v) is 7.79. The minimum absolute atomic E-state index is 0.443. The number of aromatic nitrogens is 2. The van der Waals surface area contributed by atoms with E-state index in [2.05, 4.69) is 14.9 Å². The molecule has 0 amide bonds. The van der Waals surface area contributed by atoms with E-state index in [1.165, 1.54) is 12.1 Å². The summed E-state index contributed by atoms with van der Waals surface area (Å²) < 4.78 is 49.4. The zero-order chi connectivity index (χ0) is 22.9. The summed E-state index contributed by atoms with van der Waals surface area (Å²) in [7, 11) is 3.30. The Morgan fingerprint density at radius 1 is 1.03 bits per heavy atom. The van der Waals surface area contributed by atoms with Gasteiger partial charge in [-0.15, -0.1) is 0 Å². The predicted molar refractivity (Wildman–Crippen MR) is 115 cm³/mol. The van der Waals surface area contributed by atoms with Crippen LogP contribution in [0.25, 0.3) is 11.4 Å². The van der Waals surface area contributed by atoms with Gasteiger partial charge in [0.25, 0.3) is 0 Å². The monoisotopic (exact) mass is 443 g/mol. The van der Waals surface area contributed by atoms with Gasteiger partial charge in [-0.25, -0.2) is 9.97 Å². The second kappa shape index (κ2) is 8.78. The summed E-state index contributed by atoms with van der Waals surface area (Å²) >= 11 is 0. The summed E-state index contributed by atoms with van der Waals surface area (Å²) in [6.07, 6.45) is -1.84. The summed E-state index contributed by atoms with van der Waals surface area (Å²) in [4.78, 5) is 11.3. The van der Waals surface area contributed by atoms with Crippen LogP contribution in [-0.2, 0) is 25.7 Å². The van der Waals surface area contributed by atoms with Crippen molar-refractivity contribution in [3.63, 3.8) is 0 Å². The van der Waals surface area contributed by atoms with Crippen molar-refractivity contribution >= 4 is 0 Å². The molecule has 0 saturated carbocycles. The Labute approximate surface area is 184 Å². The van der Waals surface area contributed by atoms with Crippen molar-refractivity contribution in [2.45, 2.75) is 32.6 Å². The number of hydrogen-bond donors (Lipinski definition) is 0. The molecular weight excluding hydrogens is 419 g/mol. The van der Waals surface area contributed by atoms with Crippen molar-refractivity contribution in [2.75, 3.05) is 20.8 Å². The molecule has 0 spiro atoms. The fourth-order valence-electron chi connectivity index (χ4n) is 4.06. The van der Waals surface area contributed by atoms with Gasteiger partial charge in [-0.2, -0.15) is 13.2 Å². The quantitative estimate of drug-likeness (QED) is 0.553. The molecule has 2 heterocycles. The highest BCUT2D eigenvalue weighted by Gasteiger charge is 2.30. The first-order chi connectivity index (χ1) is 15.3. The average Bonchev–Trinajstić information content (AvgIpc) is 2.78. The first kappa shape index (κ1) is 22.1. The summed E-state index contributed by atoms with van der Waals surface area (Å²) in [5, 5.41) is 0. The number of alkyl halides is 3. The van der Waals surface area contributed by atoms with Crippen LogP contribution in [0, 0.1) is 6.92 Å². The van der Waals surface area contributed by atoms with E-state index in [-0.39, 0.29) is 0 Å². The standard InChI is InChI=1S/C24H24F3N3O2/c1-15-21(31-2)9-6-17(22(15)32-3)13-30-11-10-20-18(14-30)12-28-23(29-20)16-4-7-19(8-5-16)24(25,26)27/h4-9,12H,10-11,13-14H2,1-3H3. The summed E-state index contributed by atoms with van der Waals surface area (Å²) in [5.41, 5.74) is 3.90. The SMILES string of the molecule is COc1ccc(CN2CCc3nc(-c4ccc(C(F)(F)F)cc4)ncc3C2)c(OC)c1C. The van der Waals surface area contributed by atoms with Gasteiger partial charge in [0, 0.05) is 54.5 Å². The maximum absolute atomic E-state index is 12.8. The molecule has 0 unspecified atom stereocenters. The van der Waals surface area contributed by atoms with Crippen molar-refractivity contribution < 1.29 is 22.6 Å². The molecule has 5 nitrogen and oxygen atoms in total. The van der Waals surface area contributed by atoms with Gasteiger partial charge in [-0.1, -0.05) is 18.2 Å². The van der Waals surface area contributed by atoms with Crippen molar-refractivity contribution in [2.24, 2.45) is 0 Å². The van der Waals surface area contributed by atoms with Gasteiger partial charge < -0.3 is 9.47 Å². The smallest absolute Gasteiger partial charge is 0.416 e. The number of halogens is 3. The van der Waals surface area contributed by atoms with Gasteiger partial charge >= 0.3 is 6.18 Å². The molecule has 2 aromatic carbocycles. The third-order valence-electron chi connectivity index (χ3n) is 5.74. The topological polar surface area (TPSA) is 47.5 Å². The molecule has 0 N–H and O–H groups in total. The van der Waals surface area contributed by atoms with Crippen molar-refractivity contribution in [1.82, 2.24) is 14.9 Å². The molecule has 3 aromatic rings. The van der Waals surface area contributed by atoms with E-state index in [0.29, 0.717) is 24.5 Å². The lowest BCUT2D eigenvalue weighted by Gasteiger charge is -2.29. The number of methoxy groups -OCH3 is 2. The lowest BCUT2D eigenvalue weighted by atomic mass is 10.0. The fourth-order valence-corrected chi connectivity index (χ4v) is 4.06. The zero-order valence-corrected chi connectivity index (χ0v) is 18.2. The largest absolute Gasteiger partial charge is 0.496 e. The number of fused-ring (bicyclic) bond motifs is 1. The Balaban J connectivity index is 1.50. The average molecular weight is 443 g/mol. The fraction of sp³-hybridized carbons (Fsp3) is 0.333. The van der Waals surface area contributed by atoms with Crippen LogP contribution in [0.4, 0.5) is 13.2 Å². The lowest BCUT2D eigenvalue weighted by Crippen LogP contribution is -2.31. The van der Waals surface area contributed by atoms with Gasteiger partial charge in [0.05, 0.1) is 25.5 Å². The zero-order valence-electron chi connectivity index (χ0n) is 18.2. The van der Waals surface area contributed by atoms with E-state index < -0.39 is 11.7 Å². The van der Waals surface area contributed by atoms with Crippen LogP contribution in [0.15, 0.2) is 42.6 Å². The Kier molecular flexibility index (Phi) is 6.06. The van der Waals surface area contributed by atoms with Gasteiger partial charge in [0.1, 0.15) is 11.5 Å². The molecule has 0 bridgehead atoms. The van der Waals surface area contributed by atoms with E-state index in [9.17, 15) is 13.2 Å². The van der Waals surface area contributed by atoms with Gasteiger partial charge in [-0.05, 0) is 25.1 Å². The van der Waals surface area contributed by atoms with Crippen molar-refractivity contribution in [3.8, 4) is 22.9 Å². The minimum atomic E-state index is -4.36. The van der Waals surface area contributed by atoms with E-state index in [0.717, 1.165) is 59.0 Å². The number of benzene rings is 2. The molecule has 0 saturated heterocycles. The molecule has 0 aliphatic carbocycles. The molecular formula is C24H24F3N3O2. The maximum atomic E-state index is 12.8. The molecule has 0 radical (unpaired) electrons. The molecule has 32 heavy (non-hydrogen) atoms. The van der Waals surface area contributed by atoms with E-state index in [1.807, 2.05) is 19.1 Å². The molecule has 1 aromatic heterocycles. The Morgan fingerprint density at radius 2 is 1.78 bits per heavy atom. The van der Waals surface area contributed by atoms with Crippen LogP contribution in [0.1, 0.15) is 27.9 Å². The first-order valence-electron chi connectivity index (χ1n) is 10.3. The predicted octanol–water partition coefficient (Wildman–Crippen LogP) is 5.05. The Bertz CT molecular complexity index is 1110. The third-order valence-corrected chi connectivity index (χ3v) is 5.74. The van der Waals surface area contributed by atoms with Gasteiger partial charge in [0.15, 0.2) is 5.82 Å². The highest BCUT2D eigenvalue weighted by atomic mass is 19.4. The molecule has 168 valence electrons. The Morgan fingerprint density at radius 3 is 2.44 bits per heavy atom.